The maximum absolute atomic E-state index is 5.84. The van der Waals surface area contributed by atoms with Crippen LogP contribution >= 0.6 is 22.9 Å². The smallest absolute Gasteiger partial charge is 0.123 e. The molecule has 0 aliphatic heterocycles. The third-order valence-corrected chi connectivity index (χ3v) is 3.63. The van der Waals surface area contributed by atoms with E-state index in [1.807, 2.05) is 24.3 Å². The molecule has 2 nitrogen and oxygen atoms in total. The molecule has 0 amide bonds. The predicted octanol–water partition coefficient (Wildman–Crippen LogP) is 3.53. The quantitative estimate of drug-likeness (QED) is 0.908. The van der Waals surface area contributed by atoms with Crippen molar-refractivity contribution in [3.8, 4) is 10.6 Å². The molecule has 0 aliphatic rings. The molecular weight excluding hydrogens is 240 g/mol. The van der Waals surface area contributed by atoms with Crippen LogP contribution in [0.1, 0.15) is 18.5 Å². The fourth-order valence-corrected chi connectivity index (χ4v) is 2.43. The van der Waals surface area contributed by atoms with Crippen molar-refractivity contribution in [2.24, 2.45) is 5.73 Å². The number of aromatic nitrogens is 1. The largest absolute Gasteiger partial charge is 0.330 e. The van der Waals surface area contributed by atoms with Gasteiger partial charge in [0, 0.05) is 28.4 Å². The van der Waals surface area contributed by atoms with Crippen LogP contribution in [0.5, 0.6) is 0 Å². The summed E-state index contributed by atoms with van der Waals surface area (Å²) in [5, 5.41) is 3.84. The summed E-state index contributed by atoms with van der Waals surface area (Å²) in [6, 6.07) is 7.73. The van der Waals surface area contributed by atoms with Crippen LogP contribution in [-0.2, 0) is 0 Å². The van der Waals surface area contributed by atoms with Crippen LogP contribution in [0.25, 0.3) is 10.6 Å². The Balaban J connectivity index is 2.28. The molecular formula is C12H13ClN2S. The Bertz CT molecular complexity index is 464. The van der Waals surface area contributed by atoms with Crippen LogP contribution in [0.4, 0.5) is 0 Å². The summed E-state index contributed by atoms with van der Waals surface area (Å²) in [5.41, 5.74) is 7.79. The fourth-order valence-electron chi connectivity index (χ4n) is 1.36. The third kappa shape index (κ3) is 2.43. The van der Waals surface area contributed by atoms with Crippen LogP contribution in [0.2, 0.25) is 5.02 Å². The fraction of sp³-hybridized carbons (Fsp3) is 0.250. The van der Waals surface area contributed by atoms with Crippen molar-refractivity contribution in [2.45, 2.75) is 12.8 Å². The van der Waals surface area contributed by atoms with Crippen LogP contribution in [0.15, 0.2) is 29.6 Å². The van der Waals surface area contributed by atoms with Gasteiger partial charge in [0.1, 0.15) is 5.01 Å². The van der Waals surface area contributed by atoms with E-state index in [4.69, 9.17) is 17.3 Å². The lowest BCUT2D eigenvalue weighted by Gasteiger charge is -2.02. The lowest BCUT2D eigenvalue weighted by atomic mass is 10.1. The lowest BCUT2D eigenvalue weighted by molar-refractivity contribution is 0.752. The van der Waals surface area contributed by atoms with Crippen molar-refractivity contribution >= 4 is 22.9 Å². The van der Waals surface area contributed by atoms with Crippen LogP contribution < -0.4 is 5.73 Å². The van der Waals surface area contributed by atoms with Crippen LogP contribution in [-0.4, -0.2) is 11.5 Å². The molecule has 1 unspecified atom stereocenters. The van der Waals surface area contributed by atoms with Gasteiger partial charge in [-0.05, 0) is 12.1 Å². The maximum atomic E-state index is 5.84. The molecule has 16 heavy (non-hydrogen) atoms. The van der Waals surface area contributed by atoms with Gasteiger partial charge in [0.15, 0.2) is 0 Å². The maximum Gasteiger partial charge on any atom is 0.123 e. The van der Waals surface area contributed by atoms with Gasteiger partial charge in [-0.2, -0.15) is 0 Å². The lowest BCUT2D eigenvalue weighted by Crippen LogP contribution is -2.08. The average molecular weight is 253 g/mol. The number of nitrogens with two attached hydrogens (primary N) is 1. The molecule has 1 aromatic carbocycles. The molecule has 0 bridgehead atoms. The molecule has 2 N–H and O–H groups in total. The molecule has 0 aliphatic carbocycles. The molecule has 1 heterocycles. The van der Waals surface area contributed by atoms with Crippen molar-refractivity contribution in [3.05, 3.63) is 40.4 Å². The normalized spacial score (nSPS) is 12.7. The van der Waals surface area contributed by atoms with Gasteiger partial charge in [-0.1, -0.05) is 30.7 Å². The van der Waals surface area contributed by atoms with E-state index in [0.29, 0.717) is 12.5 Å². The summed E-state index contributed by atoms with van der Waals surface area (Å²) in [5.74, 6) is 0.317. The molecule has 0 saturated carbocycles. The van der Waals surface area contributed by atoms with Gasteiger partial charge >= 0.3 is 0 Å². The first-order valence-corrected chi connectivity index (χ1v) is 6.38. The molecule has 2 rings (SSSR count). The molecule has 0 radical (unpaired) electrons. The number of benzene rings is 1. The first-order chi connectivity index (χ1) is 7.70. The molecule has 0 spiro atoms. The van der Waals surface area contributed by atoms with Crippen molar-refractivity contribution < 1.29 is 0 Å². The highest BCUT2D eigenvalue weighted by atomic mass is 35.5. The van der Waals surface area contributed by atoms with E-state index in [9.17, 15) is 0 Å². The molecule has 4 heteroatoms. The second-order valence-corrected chi connectivity index (χ2v) is 5.02. The Morgan fingerprint density at radius 2 is 2.06 bits per heavy atom. The van der Waals surface area contributed by atoms with Gasteiger partial charge in [0.2, 0.25) is 0 Å². The van der Waals surface area contributed by atoms with Gasteiger partial charge in [-0.15, -0.1) is 11.3 Å². The minimum absolute atomic E-state index is 0.317. The first kappa shape index (κ1) is 11.6. The van der Waals surface area contributed by atoms with Gasteiger partial charge < -0.3 is 5.73 Å². The summed E-state index contributed by atoms with van der Waals surface area (Å²) in [4.78, 5) is 4.58. The number of nitrogens with zero attached hydrogens (tertiary/aromatic N) is 1. The standard InChI is InChI=1S/C12H13ClN2S/c1-8(6-14)11-7-16-12(15-11)9-2-4-10(13)5-3-9/h2-5,7-8H,6,14H2,1H3. The molecule has 0 saturated heterocycles. The second kappa shape index (κ2) is 4.95. The van der Waals surface area contributed by atoms with Crippen LogP contribution in [0.3, 0.4) is 0 Å². The molecule has 84 valence electrons. The van der Waals surface area contributed by atoms with Crippen molar-refractivity contribution in [1.29, 1.82) is 0 Å². The van der Waals surface area contributed by atoms with E-state index in [1.54, 1.807) is 11.3 Å². The molecule has 0 fully saturated rings. The van der Waals surface area contributed by atoms with E-state index in [0.717, 1.165) is 21.3 Å². The van der Waals surface area contributed by atoms with E-state index in [2.05, 4.69) is 17.3 Å². The van der Waals surface area contributed by atoms with E-state index < -0.39 is 0 Å². The van der Waals surface area contributed by atoms with Crippen molar-refractivity contribution in [2.75, 3.05) is 6.54 Å². The number of hydrogen-bond acceptors (Lipinski definition) is 3. The zero-order chi connectivity index (χ0) is 11.5. The SMILES string of the molecule is CC(CN)c1csc(-c2ccc(Cl)cc2)n1. The Morgan fingerprint density at radius 1 is 1.38 bits per heavy atom. The summed E-state index contributed by atoms with van der Waals surface area (Å²) >= 11 is 7.49. The van der Waals surface area contributed by atoms with Gasteiger partial charge in [-0.3, -0.25) is 0 Å². The highest BCUT2D eigenvalue weighted by molar-refractivity contribution is 7.13. The van der Waals surface area contributed by atoms with Crippen molar-refractivity contribution in [3.63, 3.8) is 0 Å². The summed E-state index contributed by atoms with van der Waals surface area (Å²) in [6.45, 7) is 2.71. The Hall–Kier alpha value is -0.900. The predicted molar refractivity (Wildman–Crippen MR) is 70.0 cm³/mol. The average Bonchev–Trinajstić information content (AvgIpc) is 2.78. The first-order valence-electron chi connectivity index (χ1n) is 5.12. The molecule has 1 aromatic heterocycles. The van der Waals surface area contributed by atoms with Gasteiger partial charge in [0.25, 0.3) is 0 Å². The Kier molecular flexibility index (Phi) is 3.59. The minimum atomic E-state index is 0.317. The number of rotatable bonds is 3. The summed E-state index contributed by atoms with van der Waals surface area (Å²) < 4.78 is 0. The zero-order valence-electron chi connectivity index (χ0n) is 8.98. The molecule has 2 aromatic rings. The van der Waals surface area contributed by atoms with E-state index in [-0.39, 0.29) is 0 Å². The van der Waals surface area contributed by atoms with Crippen molar-refractivity contribution in [1.82, 2.24) is 4.98 Å². The number of hydrogen-bond donors (Lipinski definition) is 1. The topological polar surface area (TPSA) is 38.9 Å². The number of halogens is 1. The third-order valence-electron chi connectivity index (χ3n) is 2.47. The minimum Gasteiger partial charge on any atom is -0.330 e. The highest BCUT2D eigenvalue weighted by Gasteiger charge is 2.09. The molecule has 1 atom stereocenters. The second-order valence-electron chi connectivity index (χ2n) is 3.72. The summed E-state index contributed by atoms with van der Waals surface area (Å²) in [6.07, 6.45) is 0. The van der Waals surface area contributed by atoms with Crippen LogP contribution in [0, 0.1) is 0 Å². The van der Waals surface area contributed by atoms with E-state index in [1.165, 1.54) is 0 Å². The zero-order valence-corrected chi connectivity index (χ0v) is 10.6. The Labute approximate surface area is 104 Å². The Morgan fingerprint density at radius 3 is 2.69 bits per heavy atom. The van der Waals surface area contributed by atoms with Gasteiger partial charge in [-0.25, -0.2) is 4.98 Å². The summed E-state index contributed by atoms with van der Waals surface area (Å²) in [7, 11) is 0. The van der Waals surface area contributed by atoms with E-state index >= 15 is 0 Å². The van der Waals surface area contributed by atoms with Gasteiger partial charge in [0.05, 0.1) is 5.69 Å². The number of thiazole rings is 1. The monoisotopic (exact) mass is 252 g/mol. The highest BCUT2D eigenvalue weighted by Crippen LogP contribution is 2.27.